The molecule has 4 rings (SSSR count). The molecule has 1 aliphatic heterocycles. The minimum absolute atomic E-state index is 0.237. The standard InChI is InChI=1S/C30H34N2O7S/c1-7-37-23-12-10-20(15-25(23)38-8-2)27-21(29(34)36-6)16-31-30-32(27)28(33)26(40-30)14-19-9-11-22(24(13-19)35-5)39-17-18(3)4/h9-16,18,27H,7-8,17H2,1-6H3/b26-14-/t27-/m1/s1. The van der Waals surface area contributed by atoms with Crippen LogP contribution in [-0.4, -0.2) is 44.6 Å². The Kier molecular flexibility index (Phi) is 9.31. The quantitative estimate of drug-likeness (QED) is 0.325. The Labute approximate surface area is 236 Å². The minimum Gasteiger partial charge on any atom is -0.493 e. The van der Waals surface area contributed by atoms with E-state index in [-0.39, 0.29) is 11.1 Å². The lowest BCUT2D eigenvalue weighted by atomic mass is 9.97. The number of hydrogen-bond acceptors (Lipinski definition) is 9. The SMILES string of the molecule is CCOc1ccc([C@@H]2C(C(=O)OC)=CN=c3s/c(=C\c4ccc(OCC(C)C)c(OC)c4)c(=O)n32)cc1OCC. The lowest BCUT2D eigenvalue weighted by Crippen LogP contribution is -2.39. The molecule has 0 radical (unpaired) electrons. The van der Waals surface area contributed by atoms with Crippen molar-refractivity contribution < 1.29 is 28.5 Å². The van der Waals surface area contributed by atoms with Gasteiger partial charge >= 0.3 is 5.97 Å². The molecule has 1 aliphatic rings. The third kappa shape index (κ3) is 6.07. The first-order valence-corrected chi connectivity index (χ1v) is 13.9. The molecule has 0 amide bonds. The second-order valence-electron chi connectivity index (χ2n) is 9.36. The fourth-order valence-electron chi connectivity index (χ4n) is 4.29. The zero-order valence-electron chi connectivity index (χ0n) is 23.6. The lowest BCUT2D eigenvalue weighted by molar-refractivity contribution is -0.136. The normalized spacial score (nSPS) is 14.7. The highest BCUT2D eigenvalue weighted by Crippen LogP contribution is 2.35. The van der Waals surface area contributed by atoms with E-state index in [0.29, 0.717) is 63.6 Å². The Morgan fingerprint density at radius 2 is 1.70 bits per heavy atom. The molecule has 2 aromatic carbocycles. The van der Waals surface area contributed by atoms with Crippen molar-refractivity contribution in [1.29, 1.82) is 0 Å². The zero-order valence-corrected chi connectivity index (χ0v) is 24.4. The minimum atomic E-state index is -0.762. The molecule has 1 atom stereocenters. The van der Waals surface area contributed by atoms with Gasteiger partial charge in [0.2, 0.25) is 0 Å². The number of thiazole rings is 1. The van der Waals surface area contributed by atoms with Gasteiger partial charge in [0.25, 0.3) is 5.56 Å². The second kappa shape index (κ2) is 12.9. The van der Waals surface area contributed by atoms with Crippen LogP contribution in [0.5, 0.6) is 23.0 Å². The van der Waals surface area contributed by atoms with Gasteiger partial charge in [-0.2, -0.15) is 0 Å². The molecule has 0 spiro atoms. The molecule has 2 heterocycles. The topological polar surface area (TPSA) is 97.6 Å². The van der Waals surface area contributed by atoms with E-state index in [9.17, 15) is 9.59 Å². The first-order chi connectivity index (χ1) is 19.3. The number of esters is 1. The number of carbonyl (C=O) groups is 1. The van der Waals surface area contributed by atoms with Crippen LogP contribution in [0.4, 0.5) is 0 Å². The fraction of sp³-hybridized carbons (Fsp3) is 0.367. The monoisotopic (exact) mass is 566 g/mol. The van der Waals surface area contributed by atoms with Crippen molar-refractivity contribution in [2.24, 2.45) is 10.9 Å². The predicted molar refractivity (Wildman–Crippen MR) is 153 cm³/mol. The van der Waals surface area contributed by atoms with Crippen LogP contribution >= 0.6 is 11.3 Å². The van der Waals surface area contributed by atoms with E-state index in [1.807, 2.05) is 38.1 Å². The molecule has 0 saturated carbocycles. The van der Waals surface area contributed by atoms with Gasteiger partial charge in [-0.1, -0.05) is 37.3 Å². The van der Waals surface area contributed by atoms with E-state index < -0.39 is 12.0 Å². The molecule has 40 heavy (non-hydrogen) atoms. The molecule has 1 aromatic heterocycles. The van der Waals surface area contributed by atoms with E-state index in [1.165, 1.54) is 29.2 Å². The van der Waals surface area contributed by atoms with Crippen molar-refractivity contribution in [2.75, 3.05) is 34.0 Å². The number of hydrogen-bond donors (Lipinski definition) is 0. The number of fused-ring (bicyclic) bond motifs is 1. The van der Waals surface area contributed by atoms with Crippen LogP contribution in [0.2, 0.25) is 0 Å². The van der Waals surface area contributed by atoms with E-state index in [1.54, 1.807) is 25.3 Å². The van der Waals surface area contributed by atoms with Crippen LogP contribution in [-0.2, 0) is 9.53 Å². The predicted octanol–water partition coefficient (Wildman–Crippen LogP) is 3.86. The lowest BCUT2D eigenvalue weighted by Gasteiger charge is -2.23. The van der Waals surface area contributed by atoms with Crippen LogP contribution in [0.1, 0.15) is 44.9 Å². The van der Waals surface area contributed by atoms with Gasteiger partial charge in [-0.3, -0.25) is 9.36 Å². The summed E-state index contributed by atoms with van der Waals surface area (Å²) in [4.78, 5) is 31.5. The van der Waals surface area contributed by atoms with Gasteiger partial charge in [0.05, 0.1) is 50.2 Å². The fourth-order valence-corrected chi connectivity index (χ4v) is 5.26. The van der Waals surface area contributed by atoms with Gasteiger partial charge < -0.3 is 23.7 Å². The van der Waals surface area contributed by atoms with Crippen LogP contribution in [0.25, 0.3) is 6.08 Å². The smallest absolute Gasteiger partial charge is 0.337 e. The molecule has 0 aliphatic carbocycles. The number of ether oxygens (including phenoxy) is 5. The summed E-state index contributed by atoms with van der Waals surface area (Å²) in [7, 11) is 2.88. The molecule has 0 saturated heterocycles. The summed E-state index contributed by atoms with van der Waals surface area (Å²) in [5, 5.41) is 0. The van der Waals surface area contributed by atoms with Crippen molar-refractivity contribution >= 4 is 23.4 Å². The van der Waals surface area contributed by atoms with E-state index in [2.05, 4.69) is 18.8 Å². The van der Waals surface area contributed by atoms with E-state index in [0.717, 1.165) is 5.56 Å². The molecule has 3 aromatic rings. The van der Waals surface area contributed by atoms with Gasteiger partial charge in [0.15, 0.2) is 27.8 Å². The number of nitrogens with zero attached hydrogens (tertiary/aromatic N) is 2. The van der Waals surface area contributed by atoms with Crippen molar-refractivity contribution in [2.45, 2.75) is 33.7 Å². The highest BCUT2D eigenvalue weighted by atomic mass is 32.1. The maximum Gasteiger partial charge on any atom is 0.337 e. The molecule has 0 N–H and O–H groups in total. The van der Waals surface area contributed by atoms with Crippen LogP contribution in [0, 0.1) is 5.92 Å². The highest BCUT2D eigenvalue weighted by molar-refractivity contribution is 7.07. The van der Waals surface area contributed by atoms with Crippen LogP contribution in [0.15, 0.2) is 58.0 Å². The summed E-state index contributed by atoms with van der Waals surface area (Å²) in [6, 6.07) is 10.2. The van der Waals surface area contributed by atoms with Crippen LogP contribution < -0.4 is 33.8 Å². The summed E-state index contributed by atoms with van der Waals surface area (Å²) in [6.07, 6.45) is 3.24. The molecule has 0 bridgehead atoms. The first kappa shape index (κ1) is 28.9. The van der Waals surface area contributed by atoms with Gasteiger partial charge in [0, 0.05) is 6.20 Å². The number of rotatable bonds is 11. The second-order valence-corrected chi connectivity index (χ2v) is 10.4. The summed E-state index contributed by atoms with van der Waals surface area (Å²) < 4.78 is 29.9. The third-order valence-corrected chi connectivity index (χ3v) is 7.06. The molecule has 9 nitrogen and oxygen atoms in total. The van der Waals surface area contributed by atoms with Gasteiger partial charge in [-0.15, -0.1) is 0 Å². The third-order valence-electron chi connectivity index (χ3n) is 6.07. The van der Waals surface area contributed by atoms with Crippen molar-refractivity contribution in [3.63, 3.8) is 0 Å². The van der Waals surface area contributed by atoms with Gasteiger partial charge in [-0.05, 0) is 61.2 Å². The van der Waals surface area contributed by atoms with Crippen molar-refractivity contribution in [3.05, 3.63) is 79.0 Å². The Bertz CT molecular complexity index is 1590. The molecule has 0 unspecified atom stereocenters. The van der Waals surface area contributed by atoms with E-state index >= 15 is 0 Å². The highest BCUT2D eigenvalue weighted by Gasteiger charge is 2.31. The maximum absolute atomic E-state index is 13.8. The van der Waals surface area contributed by atoms with E-state index in [4.69, 9.17) is 23.7 Å². The first-order valence-electron chi connectivity index (χ1n) is 13.1. The average molecular weight is 567 g/mol. The summed E-state index contributed by atoms with van der Waals surface area (Å²) in [5.74, 6) is 2.12. The van der Waals surface area contributed by atoms with Crippen LogP contribution in [0.3, 0.4) is 0 Å². The number of methoxy groups -OCH3 is 2. The largest absolute Gasteiger partial charge is 0.493 e. The number of carbonyl (C=O) groups excluding carboxylic acids is 1. The van der Waals surface area contributed by atoms with Gasteiger partial charge in [0.1, 0.15) is 0 Å². The Morgan fingerprint density at radius 1 is 1.00 bits per heavy atom. The Morgan fingerprint density at radius 3 is 2.38 bits per heavy atom. The van der Waals surface area contributed by atoms with Gasteiger partial charge in [-0.25, -0.2) is 9.79 Å². The van der Waals surface area contributed by atoms with Crippen molar-refractivity contribution in [3.8, 4) is 23.0 Å². The Hall–Kier alpha value is -4.05. The zero-order chi connectivity index (χ0) is 28.8. The maximum atomic E-state index is 13.8. The number of aromatic nitrogens is 1. The van der Waals surface area contributed by atoms with Crippen molar-refractivity contribution in [1.82, 2.24) is 4.57 Å². The Balaban J connectivity index is 1.82. The summed E-state index contributed by atoms with van der Waals surface area (Å²) in [6.45, 7) is 9.38. The molecular formula is C30H34N2O7S. The molecule has 212 valence electrons. The molecule has 10 heteroatoms. The molecular weight excluding hydrogens is 532 g/mol. The average Bonchev–Trinajstić information content (AvgIpc) is 3.27. The summed E-state index contributed by atoms with van der Waals surface area (Å²) >= 11 is 1.24. The summed E-state index contributed by atoms with van der Waals surface area (Å²) in [5.41, 5.74) is 1.39. The molecule has 0 fully saturated rings. The number of benzene rings is 2.